The number of hydrogen-bond acceptors (Lipinski definition) is 7. The van der Waals surface area contributed by atoms with Crippen molar-refractivity contribution in [1.82, 2.24) is 0 Å². The van der Waals surface area contributed by atoms with E-state index in [9.17, 15) is 9.59 Å². The van der Waals surface area contributed by atoms with Gasteiger partial charge in [0.15, 0.2) is 11.8 Å². The van der Waals surface area contributed by atoms with Crippen LogP contribution in [0.5, 0.6) is 5.75 Å². The first kappa shape index (κ1) is 17.5. The molecule has 7 nitrogen and oxygen atoms in total. The second-order valence-electron chi connectivity index (χ2n) is 5.48. The molecule has 0 amide bonds. The molecule has 26 heavy (non-hydrogen) atoms. The standard InChI is InChI=1S/C19H17NO6/c1-11(21)25-15-8-7-12(10-16(15)24-3)17-19(22)26-18(20-17)13-5-4-6-14(9-13)23-2/h4-10,15H,1-3H3/b17-12+. The Labute approximate surface area is 150 Å². The summed E-state index contributed by atoms with van der Waals surface area (Å²) in [6, 6.07) is 7.06. The number of esters is 2. The normalized spacial score (nSPS) is 21.7. The van der Waals surface area contributed by atoms with Crippen molar-refractivity contribution in [2.75, 3.05) is 14.2 Å². The number of hydrogen-bond donors (Lipinski definition) is 0. The first-order chi connectivity index (χ1) is 12.5. The number of carbonyl (C=O) groups excluding carboxylic acids is 2. The molecule has 0 aromatic heterocycles. The van der Waals surface area contributed by atoms with Crippen LogP contribution in [0.4, 0.5) is 0 Å². The predicted molar refractivity (Wildman–Crippen MR) is 92.4 cm³/mol. The molecule has 0 saturated carbocycles. The average Bonchev–Trinajstić information content (AvgIpc) is 3.03. The molecule has 1 aromatic carbocycles. The number of rotatable bonds is 4. The monoisotopic (exact) mass is 355 g/mol. The molecule has 1 heterocycles. The maximum atomic E-state index is 12.3. The molecule has 0 saturated heterocycles. The van der Waals surface area contributed by atoms with Crippen LogP contribution in [0.2, 0.25) is 0 Å². The van der Waals surface area contributed by atoms with Gasteiger partial charge in [0.05, 0.1) is 14.2 Å². The third-order valence-corrected chi connectivity index (χ3v) is 3.74. The van der Waals surface area contributed by atoms with Gasteiger partial charge in [-0.3, -0.25) is 4.79 Å². The zero-order valence-electron chi connectivity index (χ0n) is 14.5. The molecule has 1 aliphatic carbocycles. The largest absolute Gasteiger partial charge is 0.497 e. The zero-order valence-corrected chi connectivity index (χ0v) is 14.5. The van der Waals surface area contributed by atoms with E-state index in [-0.39, 0.29) is 11.6 Å². The van der Waals surface area contributed by atoms with Gasteiger partial charge in [-0.2, -0.15) is 0 Å². The molecule has 1 unspecified atom stereocenters. The molecule has 0 spiro atoms. The molecule has 3 rings (SSSR count). The Balaban J connectivity index is 1.95. The lowest BCUT2D eigenvalue weighted by Crippen LogP contribution is -2.20. The topological polar surface area (TPSA) is 83.4 Å². The van der Waals surface area contributed by atoms with E-state index >= 15 is 0 Å². The lowest BCUT2D eigenvalue weighted by atomic mass is 10.0. The summed E-state index contributed by atoms with van der Waals surface area (Å²) in [5.74, 6) is 0.213. The molecule has 0 radical (unpaired) electrons. The Morgan fingerprint density at radius 3 is 2.73 bits per heavy atom. The fraction of sp³-hybridized carbons (Fsp3) is 0.211. The highest BCUT2D eigenvalue weighted by atomic mass is 16.6. The van der Waals surface area contributed by atoms with E-state index in [1.54, 1.807) is 49.6 Å². The number of nitrogens with zero attached hydrogens (tertiary/aromatic N) is 1. The van der Waals surface area contributed by atoms with Gasteiger partial charge >= 0.3 is 11.9 Å². The van der Waals surface area contributed by atoms with E-state index in [1.807, 2.05) is 0 Å². The zero-order chi connectivity index (χ0) is 18.7. The van der Waals surface area contributed by atoms with Crippen molar-refractivity contribution in [2.24, 2.45) is 4.99 Å². The minimum absolute atomic E-state index is 0.148. The van der Waals surface area contributed by atoms with Crippen LogP contribution in [0.25, 0.3) is 0 Å². The summed E-state index contributed by atoms with van der Waals surface area (Å²) < 4.78 is 20.8. The molecule has 0 bridgehead atoms. The van der Waals surface area contributed by atoms with E-state index in [1.165, 1.54) is 14.0 Å². The van der Waals surface area contributed by atoms with Crippen LogP contribution in [-0.4, -0.2) is 38.2 Å². The Morgan fingerprint density at radius 1 is 1.23 bits per heavy atom. The third-order valence-electron chi connectivity index (χ3n) is 3.74. The Hall–Kier alpha value is -3.35. The van der Waals surface area contributed by atoms with E-state index in [0.717, 1.165) is 0 Å². The van der Waals surface area contributed by atoms with E-state index < -0.39 is 18.0 Å². The van der Waals surface area contributed by atoms with Crippen LogP contribution in [0.3, 0.4) is 0 Å². The predicted octanol–water partition coefficient (Wildman–Crippen LogP) is 2.28. The number of ether oxygens (including phenoxy) is 4. The van der Waals surface area contributed by atoms with E-state index in [4.69, 9.17) is 18.9 Å². The number of allylic oxidation sites excluding steroid dienone is 3. The van der Waals surface area contributed by atoms with Gasteiger partial charge in [0.1, 0.15) is 11.5 Å². The summed E-state index contributed by atoms with van der Waals surface area (Å²) in [5, 5.41) is 0. The van der Waals surface area contributed by atoms with Crippen molar-refractivity contribution in [3.05, 3.63) is 65.1 Å². The third kappa shape index (κ3) is 3.51. The van der Waals surface area contributed by atoms with Gasteiger partial charge in [0, 0.05) is 18.1 Å². The van der Waals surface area contributed by atoms with Crippen molar-refractivity contribution < 1.29 is 28.5 Å². The number of methoxy groups -OCH3 is 2. The van der Waals surface area contributed by atoms with Crippen molar-refractivity contribution in [1.29, 1.82) is 0 Å². The Kier molecular flexibility index (Phi) is 4.88. The van der Waals surface area contributed by atoms with Crippen LogP contribution < -0.4 is 4.74 Å². The van der Waals surface area contributed by atoms with E-state index in [2.05, 4.69) is 4.99 Å². The lowest BCUT2D eigenvalue weighted by Gasteiger charge is -2.19. The van der Waals surface area contributed by atoms with Crippen LogP contribution in [0.15, 0.2) is 64.5 Å². The summed E-state index contributed by atoms with van der Waals surface area (Å²) in [6.07, 6.45) is 4.23. The first-order valence-electron chi connectivity index (χ1n) is 7.82. The molecule has 1 aromatic rings. The quantitative estimate of drug-likeness (QED) is 0.609. The number of aliphatic imine (C=N–C) groups is 1. The SMILES string of the molecule is COC1=C/C(=C2/N=C(c3cccc(OC)c3)OC2=O)C=CC1OC(C)=O. The van der Waals surface area contributed by atoms with Crippen molar-refractivity contribution in [3.8, 4) is 5.75 Å². The van der Waals surface area contributed by atoms with Gasteiger partial charge in [-0.25, -0.2) is 9.79 Å². The van der Waals surface area contributed by atoms with E-state index in [0.29, 0.717) is 22.6 Å². The average molecular weight is 355 g/mol. The fourth-order valence-electron chi connectivity index (χ4n) is 2.54. The molecule has 0 N–H and O–H groups in total. The van der Waals surface area contributed by atoms with Gasteiger partial charge in [-0.15, -0.1) is 0 Å². The summed E-state index contributed by atoms with van der Waals surface area (Å²) in [7, 11) is 3.01. The molecule has 0 fully saturated rings. The molecular weight excluding hydrogens is 338 g/mol. The van der Waals surface area contributed by atoms with Crippen LogP contribution in [-0.2, 0) is 23.8 Å². The minimum Gasteiger partial charge on any atom is -0.497 e. The smallest absolute Gasteiger partial charge is 0.364 e. The summed E-state index contributed by atoms with van der Waals surface area (Å²) in [6.45, 7) is 1.31. The van der Waals surface area contributed by atoms with Gasteiger partial charge in [0.25, 0.3) is 0 Å². The highest BCUT2D eigenvalue weighted by Gasteiger charge is 2.29. The maximum absolute atomic E-state index is 12.3. The molecule has 1 atom stereocenters. The van der Waals surface area contributed by atoms with Crippen LogP contribution >= 0.6 is 0 Å². The number of benzene rings is 1. The molecule has 1 aliphatic heterocycles. The summed E-state index contributed by atoms with van der Waals surface area (Å²) >= 11 is 0. The second kappa shape index (κ2) is 7.26. The van der Waals surface area contributed by atoms with Crippen LogP contribution in [0, 0.1) is 0 Å². The van der Waals surface area contributed by atoms with Crippen molar-refractivity contribution in [2.45, 2.75) is 13.0 Å². The fourth-order valence-corrected chi connectivity index (χ4v) is 2.54. The maximum Gasteiger partial charge on any atom is 0.364 e. The van der Waals surface area contributed by atoms with Crippen molar-refractivity contribution in [3.63, 3.8) is 0 Å². The van der Waals surface area contributed by atoms with Gasteiger partial charge < -0.3 is 18.9 Å². The first-order valence-corrected chi connectivity index (χ1v) is 7.82. The molecular formula is C19H17NO6. The van der Waals surface area contributed by atoms with Crippen LogP contribution in [0.1, 0.15) is 12.5 Å². The second-order valence-corrected chi connectivity index (χ2v) is 5.48. The number of carbonyl (C=O) groups is 2. The van der Waals surface area contributed by atoms with Gasteiger partial charge in [0.2, 0.25) is 5.90 Å². The highest BCUT2D eigenvalue weighted by molar-refractivity contribution is 6.12. The van der Waals surface area contributed by atoms with Gasteiger partial charge in [-0.05, 0) is 30.4 Å². The lowest BCUT2D eigenvalue weighted by molar-refractivity contribution is -0.144. The summed E-state index contributed by atoms with van der Waals surface area (Å²) in [4.78, 5) is 27.7. The molecule has 134 valence electrons. The highest BCUT2D eigenvalue weighted by Crippen LogP contribution is 2.27. The minimum atomic E-state index is -0.638. The van der Waals surface area contributed by atoms with Crippen molar-refractivity contribution >= 4 is 17.8 Å². The Bertz CT molecular complexity index is 878. The van der Waals surface area contributed by atoms with Gasteiger partial charge in [-0.1, -0.05) is 12.1 Å². The molecule has 7 heteroatoms. The summed E-state index contributed by atoms with van der Waals surface area (Å²) in [5.41, 5.74) is 1.28. The Morgan fingerprint density at radius 2 is 2.04 bits per heavy atom. The molecule has 2 aliphatic rings. The number of cyclic esters (lactones) is 1.